The molecule has 0 radical (unpaired) electrons. The van der Waals surface area contributed by atoms with Gasteiger partial charge < -0.3 is 15.3 Å². The first kappa shape index (κ1) is 12.7. The fourth-order valence-electron chi connectivity index (χ4n) is 2.98. The van der Waals surface area contributed by atoms with E-state index in [4.69, 9.17) is 11.6 Å². The molecular weight excluding hydrogens is 266 g/mol. The Morgan fingerprint density at radius 3 is 3.05 bits per heavy atom. The van der Waals surface area contributed by atoms with Crippen LogP contribution in [0.5, 0.6) is 5.88 Å². The summed E-state index contributed by atoms with van der Waals surface area (Å²) in [6, 6.07) is 3.18. The van der Waals surface area contributed by atoms with Crippen LogP contribution in [0.15, 0.2) is 12.1 Å². The number of carbonyl (C=O) groups excluding carboxylic acids is 1. The van der Waals surface area contributed by atoms with Crippen molar-refractivity contribution in [2.45, 2.75) is 18.9 Å². The number of rotatable bonds is 2. The van der Waals surface area contributed by atoms with E-state index in [1.54, 1.807) is 0 Å². The first-order valence-corrected chi connectivity index (χ1v) is 6.88. The Morgan fingerprint density at radius 1 is 1.47 bits per heavy atom. The third-order valence-corrected chi connectivity index (χ3v) is 4.16. The monoisotopic (exact) mass is 281 g/mol. The topological polar surface area (TPSA) is 65.5 Å². The van der Waals surface area contributed by atoms with Crippen LogP contribution in [0.2, 0.25) is 5.02 Å². The highest BCUT2D eigenvalue weighted by atomic mass is 35.5. The lowest BCUT2D eigenvalue weighted by atomic mass is 9.97. The molecule has 3 atom stereocenters. The van der Waals surface area contributed by atoms with E-state index in [9.17, 15) is 9.90 Å². The van der Waals surface area contributed by atoms with E-state index in [0.29, 0.717) is 5.92 Å². The lowest BCUT2D eigenvalue weighted by molar-refractivity contribution is 0.0903. The summed E-state index contributed by atoms with van der Waals surface area (Å²) >= 11 is 5.67. The van der Waals surface area contributed by atoms with Gasteiger partial charge in [0.15, 0.2) is 0 Å². The summed E-state index contributed by atoms with van der Waals surface area (Å²) in [6.45, 7) is 3.20. The average Bonchev–Trinajstić information content (AvgIpc) is 2.72. The van der Waals surface area contributed by atoms with Gasteiger partial charge in [0.05, 0.1) is 0 Å². The molecule has 6 heteroatoms. The largest absolute Gasteiger partial charge is 0.492 e. The molecule has 5 nitrogen and oxygen atoms in total. The summed E-state index contributed by atoms with van der Waals surface area (Å²) in [7, 11) is 0. The van der Waals surface area contributed by atoms with Crippen LogP contribution in [0.1, 0.15) is 23.3 Å². The second kappa shape index (κ2) is 4.98. The second-order valence-electron chi connectivity index (χ2n) is 5.32. The smallest absolute Gasteiger partial charge is 0.270 e. The number of aromatic hydroxyl groups is 1. The number of pyridine rings is 1. The van der Waals surface area contributed by atoms with Gasteiger partial charge in [0, 0.05) is 19.1 Å². The van der Waals surface area contributed by atoms with Gasteiger partial charge in [0.1, 0.15) is 10.7 Å². The van der Waals surface area contributed by atoms with Crippen LogP contribution in [0, 0.1) is 5.92 Å². The van der Waals surface area contributed by atoms with Crippen LogP contribution in [0.4, 0.5) is 0 Å². The normalized spacial score (nSPS) is 29.2. The maximum atomic E-state index is 12.1. The standard InChI is InChI=1S/C13H16ClN3O2/c14-10-1-2-11(16-12(10)18)13(19)15-9-5-8-3-4-17(6-8)7-9/h1-2,8-9H,3-7H2,(H,15,19)(H,16,18). The molecule has 3 heterocycles. The van der Waals surface area contributed by atoms with E-state index in [0.717, 1.165) is 26.1 Å². The molecule has 0 saturated carbocycles. The van der Waals surface area contributed by atoms with Gasteiger partial charge in [-0.3, -0.25) is 4.79 Å². The fraction of sp³-hybridized carbons (Fsp3) is 0.538. The van der Waals surface area contributed by atoms with E-state index in [1.165, 1.54) is 18.6 Å². The number of nitrogens with zero attached hydrogens (tertiary/aromatic N) is 2. The van der Waals surface area contributed by atoms with Gasteiger partial charge in [-0.25, -0.2) is 4.98 Å². The fourth-order valence-corrected chi connectivity index (χ4v) is 3.09. The van der Waals surface area contributed by atoms with Crippen molar-refractivity contribution in [3.8, 4) is 5.88 Å². The van der Waals surface area contributed by atoms with Crippen LogP contribution in [0.3, 0.4) is 0 Å². The van der Waals surface area contributed by atoms with Crippen LogP contribution >= 0.6 is 11.6 Å². The minimum Gasteiger partial charge on any atom is -0.492 e. The molecule has 2 fully saturated rings. The van der Waals surface area contributed by atoms with E-state index in [1.807, 2.05) is 0 Å². The van der Waals surface area contributed by atoms with E-state index in [2.05, 4.69) is 15.2 Å². The molecule has 102 valence electrons. The van der Waals surface area contributed by atoms with Gasteiger partial charge in [0.25, 0.3) is 5.91 Å². The van der Waals surface area contributed by atoms with Gasteiger partial charge in [-0.1, -0.05) is 11.6 Å². The van der Waals surface area contributed by atoms with Crippen molar-refractivity contribution in [3.63, 3.8) is 0 Å². The average molecular weight is 282 g/mol. The number of carbonyl (C=O) groups is 1. The van der Waals surface area contributed by atoms with Crippen molar-refractivity contribution in [1.82, 2.24) is 15.2 Å². The predicted molar refractivity (Wildman–Crippen MR) is 71.3 cm³/mol. The highest BCUT2D eigenvalue weighted by Gasteiger charge is 2.33. The van der Waals surface area contributed by atoms with E-state index >= 15 is 0 Å². The van der Waals surface area contributed by atoms with Gasteiger partial charge in [-0.15, -0.1) is 0 Å². The number of fused-ring (bicyclic) bond motifs is 2. The minimum absolute atomic E-state index is 0.151. The van der Waals surface area contributed by atoms with Crippen LogP contribution in [-0.2, 0) is 0 Å². The van der Waals surface area contributed by atoms with Crippen molar-refractivity contribution >= 4 is 17.5 Å². The molecule has 1 amide bonds. The van der Waals surface area contributed by atoms with Crippen molar-refractivity contribution < 1.29 is 9.90 Å². The van der Waals surface area contributed by atoms with Crippen molar-refractivity contribution in [2.24, 2.45) is 5.92 Å². The zero-order valence-electron chi connectivity index (χ0n) is 10.5. The van der Waals surface area contributed by atoms with Crippen LogP contribution in [0.25, 0.3) is 0 Å². The molecule has 2 bridgehead atoms. The van der Waals surface area contributed by atoms with Crippen LogP contribution in [-0.4, -0.2) is 46.6 Å². The molecule has 3 rings (SSSR count). The highest BCUT2D eigenvalue weighted by molar-refractivity contribution is 6.31. The summed E-state index contributed by atoms with van der Waals surface area (Å²) in [4.78, 5) is 18.2. The quantitative estimate of drug-likeness (QED) is 0.857. The van der Waals surface area contributed by atoms with Crippen molar-refractivity contribution in [1.29, 1.82) is 0 Å². The molecule has 1 aromatic rings. The third kappa shape index (κ3) is 2.67. The number of amides is 1. The molecule has 0 aromatic carbocycles. The maximum Gasteiger partial charge on any atom is 0.270 e. The first-order chi connectivity index (χ1) is 9.11. The van der Waals surface area contributed by atoms with Gasteiger partial charge in [0.2, 0.25) is 5.88 Å². The van der Waals surface area contributed by atoms with Gasteiger partial charge in [-0.05, 0) is 37.4 Å². The summed E-state index contributed by atoms with van der Waals surface area (Å²) in [5, 5.41) is 12.6. The number of nitrogens with one attached hydrogen (secondary N) is 1. The minimum atomic E-state index is -0.304. The Kier molecular flexibility index (Phi) is 3.33. The number of piperidine rings is 1. The molecule has 2 aliphatic rings. The van der Waals surface area contributed by atoms with E-state index < -0.39 is 0 Å². The number of hydrogen-bond donors (Lipinski definition) is 2. The molecule has 0 aliphatic carbocycles. The SMILES string of the molecule is O=C(NC1CC2CCN(C2)C1)c1ccc(Cl)c(O)n1. The molecule has 3 unspecified atom stereocenters. The van der Waals surface area contributed by atoms with Crippen molar-refractivity contribution in [3.05, 3.63) is 22.8 Å². The van der Waals surface area contributed by atoms with Crippen molar-refractivity contribution in [2.75, 3.05) is 19.6 Å². The highest BCUT2D eigenvalue weighted by Crippen LogP contribution is 2.27. The Balaban J connectivity index is 1.66. The molecule has 2 aliphatic heterocycles. The molecule has 0 spiro atoms. The molecule has 2 saturated heterocycles. The summed E-state index contributed by atoms with van der Waals surface area (Å²) < 4.78 is 0. The lowest BCUT2D eigenvalue weighted by Crippen LogP contribution is -2.47. The van der Waals surface area contributed by atoms with Gasteiger partial charge in [-0.2, -0.15) is 0 Å². The Morgan fingerprint density at radius 2 is 2.32 bits per heavy atom. The third-order valence-electron chi connectivity index (χ3n) is 3.86. The summed E-state index contributed by atoms with van der Waals surface area (Å²) in [5.41, 5.74) is 0.204. The predicted octanol–water partition coefficient (Wildman–Crippen LogP) is 1.26. The van der Waals surface area contributed by atoms with Gasteiger partial charge >= 0.3 is 0 Å². The maximum absolute atomic E-state index is 12.1. The molecule has 2 N–H and O–H groups in total. The first-order valence-electron chi connectivity index (χ1n) is 6.50. The zero-order chi connectivity index (χ0) is 13.4. The number of aromatic nitrogens is 1. The second-order valence-corrected chi connectivity index (χ2v) is 5.73. The number of hydrogen-bond acceptors (Lipinski definition) is 4. The lowest BCUT2D eigenvalue weighted by Gasteiger charge is -2.30. The Labute approximate surface area is 116 Å². The number of halogens is 1. The molecule has 19 heavy (non-hydrogen) atoms. The summed E-state index contributed by atoms with van der Waals surface area (Å²) in [5.74, 6) is 0.145. The Hall–Kier alpha value is -1.33. The molecular formula is C13H16ClN3O2. The molecule has 1 aromatic heterocycles. The van der Waals surface area contributed by atoms with E-state index in [-0.39, 0.29) is 28.5 Å². The van der Waals surface area contributed by atoms with Crippen LogP contribution < -0.4 is 5.32 Å². The zero-order valence-corrected chi connectivity index (χ0v) is 11.2. The Bertz CT molecular complexity index is 497. The summed E-state index contributed by atoms with van der Waals surface area (Å²) in [6.07, 6.45) is 2.26.